The first kappa shape index (κ1) is 21.2. The summed E-state index contributed by atoms with van der Waals surface area (Å²) in [6.45, 7) is 4.72. The van der Waals surface area contributed by atoms with Crippen molar-refractivity contribution < 1.29 is 19.1 Å². The summed E-state index contributed by atoms with van der Waals surface area (Å²) in [5.74, 6) is 1.04. The first-order valence-electron chi connectivity index (χ1n) is 11.6. The second-order valence-corrected chi connectivity index (χ2v) is 8.71. The highest BCUT2D eigenvalue weighted by atomic mass is 16.5. The van der Waals surface area contributed by atoms with Crippen molar-refractivity contribution in [1.82, 2.24) is 9.80 Å². The van der Waals surface area contributed by atoms with Crippen LogP contribution in [0.5, 0.6) is 0 Å². The van der Waals surface area contributed by atoms with Crippen molar-refractivity contribution in [3.8, 4) is 11.1 Å². The van der Waals surface area contributed by atoms with E-state index in [1.807, 2.05) is 35.2 Å². The van der Waals surface area contributed by atoms with Crippen LogP contribution >= 0.6 is 0 Å². The lowest BCUT2D eigenvalue weighted by Crippen LogP contribution is -2.40. The quantitative estimate of drug-likeness (QED) is 0.643. The van der Waals surface area contributed by atoms with Crippen molar-refractivity contribution in [1.29, 1.82) is 0 Å². The largest absolute Gasteiger partial charge is 0.461 e. The third-order valence-electron chi connectivity index (χ3n) is 6.69. The Morgan fingerprint density at radius 2 is 1.78 bits per heavy atom. The number of benzene rings is 2. The Hall–Kier alpha value is -2.67. The smallest absolute Gasteiger partial charge is 0.254 e. The van der Waals surface area contributed by atoms with Gasteiger partial charge in [-0.1, -0.05) is 18.2 Å². The van der Waals surface area contributed by atoms with Crippen molar-refractivity contribution in [2.75, 3.05) is 46.0 Å². The summed E-state index contributed by atoms with van der Waals surface area (Å²) in [6, 6.07) is 16.5. The predicted molar refractivity (Wildman–Crippen MR) is 124 cm³/mol. The Labute approximate surface area is 188 Å². The molecule has 1 aromatic heterocycles. The SMILES string of the molecule is O=C(c1ccc(-c2ccc3oc(CCN4CCC[C@H]4CO)cc3c2)cc1)N1CCOCC1. The molecule has 3 aromatic rings. The first-order chi connectivity index (χ1) is 15.7. The second kappa shape index (κ2) is 9.45. The lowest BCUT2D eigenvalue weighted by atomic mass is 10.0. The maximum Gasteiger partial charge on any atom is 0.254 e. The van der Waals surface area contributed by atoms with E-state index in [0.717, 1.165) is 60.2 Å². The molecule has 1 atom stereocenters. The van der Waals surface area contributed by atoms with E-state index in [2.05, 4.69) is 23.1 Å². The van der Waals surface area contributed by atoms with Crippen LogP contribution in [0.3, 0.4) is 0 Å². The molecule has 5 rings (SSSR count). The van der Waals surface area contributed by atoms with E-state index in [1.165, 1.54) is 0 Å². The van der Waals surface area contributed by atoms with Gasteiger partial charge >= 0.3 is 0 Å². The molecule has 3 heterocycles. The fourth-order valence-electron chi connectivity index (χ4n) is 4.81. The van der Waals surface area contributed by atoms with E-state index in [-0.39, 0.29) is 12.5 Å². The number of rotatable bonds is 6. The molecule has 0 bridgehead atoms. The molecule has 1 N–H and O–H groups in total. The molecule has 168 valence electrons. The molecule has 0 radical (unpaired) electrons. The van der Waals surface area contributed by atoms with E-state index in [4.69, 9.17) is 9.15 Å². The predicted octanol–water partition coefficient (Wildman–Crippen LogP) is 3.57. The molecule has 2 aromatic carbocycles. The van der Waals surface area contributed by atoms with E-state index in [9.17, 15) is 9.90 Å². The topological polar surface area (TPSA) is 66.2 Å². The van der Waals surface area contributed by atoms with Gasteiger partial charge in [0.1, 0.15) is 11.3 Å². The molecule has 6 nitrogen and oxygen atoms in total. The Balaban J connectivity index is 1.27. The number of aliphatic hydroxyl groups is 1. The zero-order chi connectivity index (χ0) is 21.9. The van der Waals surface area contributed by atoms with Gasteiger partial charge in [0.05, 0.1) is 19.8 Å². The van der Waals surface area contributed by atoms with Gasteiger partial charge in [0.25, 0.3) is 5.91 Å². The van der Waals surface area contributed by atoms with Gasteiger partial charge in [0, 0.05) is 43.0 Å². The number of amides is 1. The number of ether oxygens (including phenoxy) is 1. The molecule has 1 amide bonds. The van der Waals surface area contributed by atoms with E-state index in [0.29, 0.717) is 37.9 Å². The molecular weight excluding hydrogens is 404 g/mol. The number of likely N-dealkylation sites (tertiary alicyclic amines) is 1. The summed E-state index contributed by atoms with van der Waals surface area (Å²) in [4.78, 5) is 16.9. The minimum Gasteiger partial charge on any atom is -0.461 e. The first-order valence-corrected chi connectivity index (χ1v) is 11.6. The standard InChI is InChI=1S/C26H30N2O4/c29-18-23-2-1-10-27(23)11-9-24-17-22-16-21(7-8-25(22)32-24)19-3-5-20(6-4-19)26(30)28-12-14-31-15-13-28/h3-8,16-17,23,29H,1-2,9-15,18H2/t23-/m0/s1. The van der Waals surface area contributed by atoms with Crippen molar-refractivity contribution in [2.24, 2.45) is 0 Å². The number of aliphatic hydroxyl groups excluding tert-OH is 1. The van der Waals surface area contributed by atoms with E-state index < -0.39 is 0 Å². The Bertz CT molecular complexity index is 1070. The molecule has 0 aliphatic carbocycles. The van der Waals surface area contributed by atoms with Crippen LogP contribution in [0.2, 0.25) is 0 Å². The molecule has 0 saturated carbocycles. The van der Waals surface area contributed by atoms with Gasteiger partial charge in [0.15, 0.2) is 0 Å². The highest BCUT2D eigenvalue weighted by Crippen LogP contribution is 2.28. The minimum atomic E-state index is 0.0659. The molecule has 0 spiro atoms. The number of hydrogen-bond acceptors (Lipinski definition) is 5. The maximum absolute atomic E-state index is 12.7. The number of carbonyl (C=O) groups is 1. The number of furan rings is 1. The van der Waals surface area contributed by atoms with E-state index in [1.54, 1.807) is 0 Å². The normalized spacial score (nSPS) is 19.7. The van der Waals surface area contributed by atoms with Crippen LogP contribution in [0, 0.1) is 0 Å². The van der Waals surface area contributed by atoms with Gasteiger partial charge < -0.3 is 19.2 Å². The number of fused-ring (bicyclic) bond motifs is 1. The second-order valence-electron chi connectivity index (χ2n) is 8.71. The molecule has 2 fully saturated rings. The molecule has 2 aliphatic heterocycles. The molecule has 32 heavy (non-hydrogen) atoms. The van der Waals surface area contributed by atoms with Crippen LogP contribution < -0.4 is 0 Å². The zero-order valence-corrected chi connectivity index (χ0v) is 18.3. The van der Waals surface area contributed by atoms with Gasteiger partial charge in [-0.15, -0.1) is 0 Å². The zero-order valence-electron chi connectivity index (χ0n) is 18.3. The van der Waals surface area contributed by atoms with Crippen molar-refractivity contribution in [3.63, 3.8) is 0 Å². The fourth-order valence-corrected chi connectivity index (χ4v) is 4.81. The van der Waals surface area contributed by atoms with Crippen LogP contribution in [0.25, 0.3) is 22.1 Å². The maximum atomic E-state index is 12.7. The summed E-state index contributed by atoms with van der Waals surface area (Å²) in [6.07, 6.45) is 3.08. The summed E-state index contributed by atoms with van der Waals surface area (Å²) in [7, 11) is 0. The highest BCUT2D eigenvalue weighted by molar-refractivity contribution is 5.95. The number of nitrogens with zero attached hydrogens (tertiary/aromatic N) is 2. The van der Waals surface area contributed by atoms with Crippen LogP contribution in [0.1, 0.15) is 29.0 Å². The lowest BCUT2D eigenvalue weighted by Gasteiger charge is -2.26. The summed E-state index contributed by atoms with van der Waals surface area (Å²) in [5.41, 5.74) is 3.79. The van der Waals surface area contributed by atoms with Gasteiger partial charge in [-0.3, -0.25) is 9.69 Å². The number of hydrogen-bond donors (Lipinski definition) is 1. The van der Waals surface area contributed by atoms with Gasteiger partial charge in [-0.2, -0.15) is 0 Å². The van der Waals surface area contributed by atoms with Crippen molar-refractivity contribution >= 4 is 16.9 Å². The van der Waals surface area contributed by atoms with Crippen LogP contribution in [0.15, 0.2) is 52.9 Å². The third kappa shape index (κ3) is 4.44. The van der Waals surface area contributed by atoms with Gasteiger partial charge in [0.2, 0.25) is 0 Å². The number of morpholine rings is 1. The van der Waals surface area contributed by atoms with E-state index >= 15 is 0 Å². The summed E-state index contributed by atoms with van der Waals surface area (Å²) < 4.78 is 11.4. The number of carbonyl (C=O) groups excluding carboxylic acids is 1. The fraction of sp³-hybridized carbons (Fsp3) is 0.423. The van der Waals surface area contributed by atoms with Crippen LogP contribution in [-0.2, 0) is 11.2 Å². The molecule has 6 heteroatoms. The Morgan fingerprint density at radius 3 is 2.56 bits per heavy atom. The molecular formula is C26H30N2O4. The molecule has 0 unspecified atom stereocenters. The molecule has 2 aliphatic rings. The third-order valence-corrected chi connectivity index (χ3v) is 6.69. The van der Waals surface area contributed by atoms with Gasteiger partial charge in [-0.25, -0.2) is 0 Å². The molecule has 2 saturated heterocycles. The lowest BCUT2D eigenvalue weighted by molar-refractivity contribution is 0.0303. The summed E-state index contributed by atoms with van der Waals surface area (Å²) in [5, 5.41) is 10.6. The Morgan fingerprint density at radius 1 is 1.00 bits per heavy atom. The minimum absolute atomic E-state index is 0.0659. The summed E-state index contributed by atoms with van der Waals surface area (Å²) >= 11 is 0. The Kier molecular flexibility index (Phi) is 6.26. The average molecular weight is 435 g/mol. The van der Waals surface area contributed by atoms with Crippen LogP contribution in [0.4, 0.5) is 0 Å². The van der Waals surface area contributed by atoms with Gasteiger partial charge in [-0.05, 0) is 60.8 Å². The van der Waals surface area contributed by atoms with Crippen molar-refractivity contribution in [3.05, 3.63) is 59.9 Å². The van der Waals surface area contributed by atoms with Crippen molar-refractivity contribution in [2.45, 2.75) is 25.3 Å². The monoisotopic (exact) mass is 434 g/mol. The average Bonchev–Trinajstić information content (AvgIpc) is 3.48. The highest BCUT2D eigenvalue weighted by Gasteiger charge is 2.23. The van der Waals surface area contributed by atoms with Crippen LogP contribution in [-0.4, -0.2) is 72.9 Å².